The number of pyridine rings is 1. The molecule has 140 valence electrons. The maximum atomic E-state index is 12.3. The van der Waals surface area contributed by atoms with Crippen molar-refractivity contribution in [3.05, 3.63) is 58.2 Å². The molecular formula is C19H15BrF2N2O3. The average molecular weight is 437 g/mol. The first-order valence-corrected chi connectivity index (χ1v) is 8.85. The third-order valence-corrected chi connectivity index (χ3v) is 4.41. The molecule has 0 radical (unpaired) electrons. The molecule has 0 unspecified atom stereocenters. The van der Waals surface area contributed by atoms with Crippen LogP contribution in [-0.4, -0.2) is 22.7 Å². The minimum Gasteiger partial charge on any atom is -0.478 e. The van der Waals surface area contributed by atoms with Gasteiger partial charge in [-0.25, -0.2) is 4.79 Å². The number of anilines is 2. The molecule has 3 rings (SSSR count). The van der Waals surface area contributed by atoms with Crippen LogP contribution in [0.4, 0.5) is 20.2 Å². The summed E-state index contributed by atoms with van der Waals surface area (Å²) < 4.78 is 29.7. The number of aromatic nitrogens is 1. The zero-order valence-corrected chi connectivity index (χ0v) is 15.8. The molecular weight excluding hydrogens is 422 g/mol. The third kappa shape index (κ3) is 4.16. The molecule has 1 aromatic heterocycles. The lowest BCUT2D eigenvalue weighted by molar-refractivity contribution is -0.0498. The average Bonchev–Trinajstić information content (AvgIpc) is 2.62. The molecule has 0 amide bonds. The fourth-order valence-corrected chi connectivity index (χ4v) is 3.13. The number of carboxylic acids is 1. The fraction of sp³-hybridized carbons (Fsp3) is 0.158. The Morgan fingerprint density at radius 1 is 1.26 bits per heavy atom. The number of ether oxygens (including phenoxy) is 1. The summed E-state index contributed by atoms with van der Waals surface area (Å²) in [7, 11) is 0. The molecule has 0 fully saturated rings. The van der Waals surface area contributed by atoms with E-state index in [4.69, 9.17) is 0 Å². The highest BCUT2D eigenvalue weighted by Crippen LogP contribution is 2.34. The van der Waals surface area contributed by atoms with Crippen molar-refractivity contribution in [2.24, 2.45) is 0 Å². The Balaban J connectivity index is 2.12. The van der Waals surface area contributed by atoms with Crippen LogP contribution in [0.15, 0.2) is 46.9 Å². The van der Waals surface area contributed by atoms with Crippen LogP contribution in [0, 0.1) is 0 Å². The van der Waals surface area contributed by atoms with E-state index >= 15 is 0 Å². The largest absolute Gasteiger partial charge is 0.478 e. The van der Waals surface area contributed by atoms with Gasteiger partial charge in [0.2, 0.25) is 0 Å². The van der Waals surface area contributed by atoms with E-state index in [2.05, 4.69) is 31.0 Å². The summed E-state index contributed by atoms with van der Waals surface area (Å²) in [5.41, 5.74) is 2.12. The van der Waals surface area contributed by atoms with Gasteiger partial charge in [0, 0.05) is 15.5 Å². The van der Waals surface area contributed by atoms with Gasteiger partial charge in [-0.3, -0.25) is 4.98 Å². The number of hydrogen-bond donors (Lipinski definition) is 2. The number of rotatable bonds is 6. The zero-order chi connectivity index (χ0) is 19.6. The molecule has 0 spiro atoms. The van der Waals surface area contributed by atoms with Crippen LogP contribution in [0.2, 0.25) is 0 Å². The van der Waals surface area contributed by atoms with Crippen LogP contribution >= 0.6 is 15.9 Å². The molecule has 3 aromatic rings. The van der Waals surface area contributed by atoms with Gasteiger partial charge in [0.15, 0.2) is 0 Å². The number of aryl methyl sites for hydroxylation is 1. The third-order valence-electron chi connectivity index (χ3n) is 3.92. The van der Waals surface area contributed by atoms with Gasteiger partial charge in [-0.2, -0.15) is 8.78 Å². The SMILES string of the molecule is CCc1nc2ccc(Br)cc2c(Nc2ccc(OC(F)F)cc2)c1C(=O)O. The van der Waals surface area contributed by atoms with E-state index in [9.17, 15) is 18.7 Å². The summed E-state index contributed by atoms with van der Waals surface area (Å²) >= 11 is 3.39. The van der Waals surface area contributed by atoms with E-state index in [0.29, 0.717) is 34.4 Å². The molecule has 2 N–H and O–H groups in total. The molecule has 0 saturated carbocycles. The predicted octanol–water partition coefficient (Wildman–Crippen LogP) is 5.60. The minimum atomic E-state index is -2.91. The van der Waals surface area contributed by atoms with Crippen molar-refractivity contribution < 1.29 is 23.4 Å². The Morgan fingerprint density at radius 2 is 1.96 bits per heavy atom. The number of fused-ring (bicyclic) bond motifs is 1. The number of carbonyl (C=O) groups is 1. The topological polar surface area (TPSA) is 71.5 Å². The predicted molar refractivity (Wildman–Crippen MR) is 102 cm³/mol. The van der Waals surface area contributed by atoms with Crippen molar-refractivity contribution in [1.29, 1.82) is 0 Å². The molecule has 0 aliphatic heterocycles. The van der Waals surface area contributed by atoms with Gasteiger partial charge < -0.3 is 15.2 Å². The van der Waals surface area contributed by atoms with E-state index in [1.165, 1.54) is 12.1 Å². The number of hydrogen-bond acceptors (Lipinski definition) is 4. The van der Waals surface area contributed by atoms with Crippen molar-refractivity contribution in [2.45, 2.75) is 20.0 Å². The van der Waals surface area contributed by atoms with Gasteiger partial charge >= 0.3 is 12.6 Å². The Bertz CT molecular complexity index is 994. The number of carboxylic acid groups (broad SMARTS) is 1. The monoisotopic (exact) mass is 436 g/mol. The molecule has 0 bridgehead atoms. The van der Waals surface area contributed by atoms with Crippen molar-refractivity contribution >= 4 is 44.2 Å². The van der Waals surface area contributed by atoms with E-state index in [1.807, 2.05) is 13.0 Å². The highest BCUT2D eigenvalue weighted by atomic mass is 79.9. The summed E-state index contributed by atoms with van der Waals surface area (Å²) in [6.45, 7) is -1.07. The minimum absolute atomic E-state index is 0.0191. The van der Waals surface area contributed by atoms with E-state index < -0.39 is 12.6 Å². The van der Waals surface area contributed by atoms with Crippen molar-refractivity contribution in [3.63, 3.8) is 0 Å². The number of alkyl halides is 2. The lowest BCUT2D eigenvalue weighted by Crippen LogP contribution is -2.10. The Hall–Kier alpha value is -2.74. The van der Waals surface area contributed by atoms with Crippen LogP contribution in [0.25, 0.3) is 10.9 Å². The van der Waals surface area contributed by atoms with E-state index in [0.717, 1.165) is 4.47 Å². The molecule has 0 atom stereocenters. The summed E-state index contributed by atoms with van der Waals surface area (Å²) in [6.07, 6.45) is 0.448. The highest BCUT2D eigenvalue weighted by Gasteiger charge is 2.20. The normalized spacial score (nSPS) is 11.0. The summed E-state index contributed by atoms with van der Waals surface area (Å²) in [5.74, 6) is -1.08. The first-order chi connectivity index (χ1) is 12.9. The van der Waals surface area contributed by atoms with E-state index in [-0.39, 0.29) is 11.3 Å². The van der Waals surface area contributed by atoms with Gasteiger partial charge in [-0.1, -0.05) is 22.9 Å². The summed E-state index contributed by atoms with van der Waals surface area (Å²) in [6, 6.07) is 11.3. The van der Waals surface area contributed by atoms with Crippen LogP contribution in [0.1, 0.15) is 23.0 Å². The number of halogens is 3. The fourth-order valence-electron chi connectivity index (χ4n) is 2.77. The second-order valence-electron chi connectivity index (χ2n) is 5.66. The van der Waals surface area contributed by atoms with Crippen LogP contribution in [0.3, 0.4) is 0 Å². The van der Waals surface area contributed by atoms with Crippen LogP contribution < -0.4 is 10.1 Å². The van der Waals surface area contributed by atoms with Crippen molar-refractivity contribution in [2.75, 3.05) is 5.32 Å². The molecule has 0 aliphatic rings. The Labute approximate surface area is 162 Å². The lowest BCUT2D eigenvalue weighted by Gasteiger charge is -2.16. The summed E-state index contributed by atoms with van der Waals surface area (Å²) in [5, 5.41) is 13.5. The zero-order valence-electron chi connectivity index (χ0n) is 14.2. The Morgan fingerprint density at radius 3 is 2.56 bits per heavy atom. The highest BCUT2D eigenvalue weighted by molar-refractivity contribution is 9.10. The second-order valence-corrected chi connectivity index (χ2v) is 6.57. The number of aromatic carboxylic acids is 1. The standard InChI is InChI=1S/C19H15BrF2N2O3/c1-2-14-16(18(25)26)17(13-9-10(20)3-8-15(13)24-14)23-11-4-6-12(7-5-11)27-19(21)22/h3-9,19H,2H2,1H3,(H,23,24)(H,25,26). The van der Waals surface area contributed by atoms with Gasteiger partial charge in [-0.05, 0) is 48.9 Å². The maximum absolute atomic E-state index is 12.3. The molecule has 27 heavy (non-hydrogen) atoms. The molecule has 1 heterocycles. The van der Waals surface area contributed by atoms with Crippen LogP contribution in [0.5, 0.6) is 5.75 Å². The lowest BCUT2D eigenvalue weighted by atomic mass is 10.0. The number of nitrogens with one attached hydrogen (secondary N) is 1. The molecule has 0 aliphatic carbocycles. The van der Waals surface area contributed by atoms with Crippen molar-refractivity contribution in [1.82, 2.24) is 4.98 Å². The van der Waals surface area contributed by atoms with Crippen LogP contribution in [-0.2, 0) is 6.42 Å². The molecule has 0 saturated heterocycles. The first-order valence-electron chi connectivity index (χ1n) is 8.06. The molecule has 5 nitrogen and oxygen atoms in total. The van der Waals surface area contributed by atoms with Crippen molar-refractivity contribution in [3.8, 4) is 5.75 Å². The smallest absolute Gasteiger partial charge is 0.387 e. The van der Waals surface area contributed by atoms with Gasteiger partial charge in [0.05, 0.1) is 16.9 Å². The maximum Gasteiger partial charge on any atom is 0.387 e. The number of nitrogens with zero attached hydrogens (tertiary/aromatic N) is 1. The van der Waals surface area contributed by atoms with Gasteiger partial charge in [-0.15, -0.1) is 0 Å². The summed E-state index contributed by atoms with van der Waals surface area (Å²) in [4.78, 5) is 16.4. The molecule has 8 heteroatoms. The second kappa shape index (κ2) is 7.87. The number of benzene rings is 2. The van der Waals surface area contributed by atoms with Gasteiger partial charge in [0.1, 0.15) is 11.3 Å². The molecule has 2 aromatic carbocycles. The van der Waals surface area contributed by atoms with E-state index in [1.54, 1.807) is 24.3 Å². The Kier molecular flexibility index (Phi) is 5.55. The first kappa shape index (κ1) is 19.0. The van der Waals surface area contributed by atoms with Gasteiger partial charge in [0.25, 0.3) is 0 Å². The quantitative estimate of drug-likeness (QED) is 0.525.